The van der Waals surface area contributed by atoms with Crippen LogP contribution in [-0.4, -0.2) is 24.4 Å². The van der Waals surface area contributed by atoms with E-state index in [0.717, 1.165) is 61.3 Å². The molecule has 0 N–H and O–H groups in total. The summed E-state index contributed by atoms with van der Waals surface area (Å²) in [5.41, 5.74) is 5.50. The Morgan fingerprint density at radius 3 is 2.64 bits per heavy atom. The molecule has 1 saturated heterocycles. The maximum Gasteiger partial charge on any atom is 0.151 e. The maximum atomic E-state index is 11.2. The number of anilines is 1. The molecule has 2 heterocycles. The van der Waals surface area contributed by atoms with Crippen LogP contribution in [0.4, 0.5) is 5.69 Å². The molecule has 1 aromatic heterocycles. The molecule has 1 aromatic carbocycles. The summed E-state index contributed by atoms with van der Waals surface area (Å²) in [4.78, 5) is 18.0. The van der Waals surface area contributed by atoms with Crippen LogP contribution < -0.4 is 4.90 Å². The van der Waals surface area contributed by atoms with Crippen LogP contribution in [0.1, 0.15) is 45.7 Å². The molecule has 25 heavy (non-hydrogen) atoms. The highest BCUT2D eigenvalue weighted by molar-refractivity contribution is 5.76. The van der Waals surface area contributed by atoms with E-state index in [1.165, 1.54) is 5.56 Å². The first-order valence-electron chi connectivity index (χ1n) is 8.78. The zero-order valence-electron chi connectivity index (χ0n) is 14.8. The van der Waals surface area contributed by atoms with E-state index in [9.17, 15) is 10.1 Å². The lowest BCUT2D eigenvalue weighted by atomic mass is 9.88. The summed E-state index contributed by atoms with van der Waals surface area (Å²) in [5.74, 6) is 0.591. The predicted molar refractivity (Wildman–Crippen MR) is 98.9 cm³/mol. The van der Waals surface area contributed by atoms with Gasteiger partial charge in [0.25, 0.3) is 0 Å². The maximum absolute atomic E-state index is 11.2. The van der Waals surface area contributed by atoms with Crippen molar-refractivity contribution in [3.63, 3.8) is 0 Å². The number of aldehydes is 1. The lowest BCUT2D eigenvalue weighted by molar-refractivity contribution is 0.112. The number of rotatable bonds is 4. The van der Waals surface area contributed by atoms with Crippen LogP contribution in [0.25, 0.3) is 0 Å². The van der Waals surface area contributed by atoms with Crippen molar-refractivity contribution in [2.24, 2.45) is 5.92 Å². The first kappa shape index (κ1) is 17.2. The van der Waals surface area contributed by atoms with Crippen molar-refractivity contribution in [1.82, 2.24) is 4.98 Å². The fraction of sp³-hybridized carbons (Fsp3) is 0.381. The zero-order valence-corrected chi connectivity index (χ0v) is 14.8. The number of aryl methyl sites for hydroxylation is 2. The fourth-order valence-corrected chi connectivity index (χ4v) is 3.64. The van der Waals surface area contributed by atoms with Gasteiger partial charge in [-0.3, -0.25) is 9.78 Å². The van der Waals surface area contributed by atoms with Gasteiger partial charge in [-0.1, -0.05) is 12.1 Å². The fourth-order valence-electron chi connectivity index (χ4n) is 3.64. The number of nitriles is 1. The highest BCUT2D eigenvalue weighted by atomic mass is 16.1. The minimum absolute atomic E-state index is 0.591. The zero-order chi connectivity index (χ0) is 17.8. The molecule has 0 saturated carbocycles. The smallest absolute Gasteiger partial charge is 0.151 e. The third-order valence-electron chi connectivity index (χ3n) is 5.16. The number of hydrogen-bond acceptors (Lipinski definition) is 4. The minimum Gasteiger partial charge on any atom is -0.370 e. The molecular weight excluding hydrogens is 310 g/mol. The van der Waals surface area contributed by atoms with E-state index >= 15 is 0 Å². The number of para-hydroxylation sites is 1. The van der Waals surface area contributed by atoms with Crippen LogP contribution in [0.2, 0.25) is 0 Å². The number of pyridine rings is 1. The summed E-state index contributed by atoms with van der Waals surface area (Å²) in [6, 6.07) is 12.1. The van der Waals surface area contributed by atoms with Gasteiger partial charge in [0.1, 0.15) is 6.07 Å². The van der Waals surface area contributed by atoms with Crippen LogP contribution in [0.5, 0.6) is 0 Å². The van der Waals surface area contributed by atoms with Crippen molar-refractivity contribution in [1.29, 1.82) is 5.26 Å². The second-order valence-electron chi connectivity index (χ2n) is 6.79. The van der Waals surface area contributed by atoms with E-state index in [0.29, 0.717) is 11.5 Å². The topological polar surface area (TPSA) is 57.0 Å². The van der Waals surface area contributed by atoms with Crippen molar-refractivity contribution in [2.75, 3.05) is 18.0 Å². The first-order valence-corrected chi connectivity index (χ1v) is 8.78. The molecule has 4 nitrogen and oxygen atoms in total. The number of nitrogens with zero attached hydrogens (tertiary/aromatic N) is 3. The van der Waals surface area contributed by atoms with Gasteiger partial charge in [-0.2, -0.15) is 5.26 Å². The van der Waals surface area contributed by atoms with Gasteiger partial charge in [0.05, 0.1) is 11.3 Å². The summed E-state index contributed by atoms with van der Waals surface area (Å²) in [6.45, 7) is 5.82. The summed E-state index contributed by atoms with van der Waals surface area (Å²) < 4.78 is 0. The molecule has 2 aromatic rings. The molecule has 0 atom stereocenters. The third kappa shape index (κ3) is 3.71. The van der Waals surface area contributed by atoms with Crippen LogP contribution in [0, 0.1) is 31.1 Å². The van der Waals surface area contributed by atoms with Gasteiger partial charge in [0, 0.05) is 30.0 Å². The average Bonchev–Trinajstić information content (AvgIpc) is 2.64. The van der Waals surface area contributed by atoms with Gasteiger partial charge >= 0.3 is 0 Å². The molecule has 0 radical (unpaired) electrons. The van der Waals surface area contributed by atoms with Gasteiger partial charge < -0.3 is 4.90 Å². The van der Waals surface area contributed by atoms with Crippen LogP contribution in [-0.2, 0) is 6.42 Å². The highest BCUT2D eigenvalue weighted by Gasteiger charge is 2.22. The van der Waals surface area contributed by atoms with Gasteiger partial charge in [0.2, 0.25) is 0 Å². The van der Waals surface area contributed by atoms with E-state index in [4.69, 9.17) is 0 Å². The average molecular weight is 333 g/mol. The Kier molecular flexibility index (Phi) is 5.14. The van der Waals surface area contributed by atoms with Gasteiger partial charge in [-0.25, -0.2) is 0 Å². The Labute approximate surface area is 149 Å². The SMILES string of the molecule is Cc1nc(C)c(CC2CCN(c3ccccc3C#N)CC2)cc1C=O. The number of aromatic nitrogens is 1. The van der Waals surface area contributed by atoms with Gasteiger partial charge in [-0.05, 0) is 62.8 Å². The number of carbonyl (C=O) groups excluding carboxylic acids is 1. The molecule has 0 amide bonds. The lowest BCUT2D eigenvalue weighted by Crippen LogP contribution is -2.34. The quantitative estimate of drug-likeness (QED) is 0.798. The van der Waals surface area contributed by atoms with Gasteiger partial charge in [-0.15, -0.1) is 0 Å². The minimum atomic E-state index is 0.591. The summed E-state index contributed by atoms with van der Waals surface area (Å²) in [7, 11) is 0. The van der Waals surface area contributed by atoms with Crippen LogP contribution in [0.3, 0.4) is 0 Å². The third-order valence-corrected chi connectivity index (χ3v) is 5.16. The Hall–Kier alpha value is -2.67. The van der Waals surface area contributed by atoms with Crippen LogP contribution >= 0.6 is 0 Å². The molecule has 1 fully saturated rings. The molecular formula is C21H23N3O. The Balaban J connectivity index is 1.67. The second-order valence-corrected chi connectivity index (χ2v) is 6.79. The molecule has 0 aliphatic carbocycles. The predicted octanol–water partition coefficient (Wildman–Crippen LogP) is 3.84. The summed E-state index contributed by atoms with van der Waals surface area (Å²) in [5, 5.41) is 9.29. The van der Waals surface area contributed by atoms with E-state index in [-0.39, 0.29) is 0 Å². The molecule has 4 heteroatoms. The molecule has 0 spiro atoms. The Morgan fingerprint density at radius 1 is 1.24 bits per heavy atom. The Bertz CT molecular complexity index is 814. The van der Waals surface area contributed by atoms with E-state index in [1.54, 1.807) is 0 Å². The normalized spacial score (nSPS) is 15.0. The molecule has 1 aliphatic rings. The molecule has 0 bridgehead atoms. The van der Waals surface area contributed by atoms with Crippen LogP contribution in [0.15, 0.2) is 30.3 Å². The lowest BCUT2D eigenvalue weighted by Gasteiger charge is -2.34. The first-order chi connectivity index (χ1) is 12.1. The molecule has 128 valence electrons. The number of benzene rings is 1. The Morgan fingerprint density at radius 2 is 1.96 bits per heavy atom. The van der Waals surface area contributed by atoms with Crippen molar-refractivity contribution >= 4 is 12.0 Å². The summed E-state index contributed by atoms with van der Waals surface area (Å²) in [6.07, 6.45) is 4.04. The van der Waals surface area contributed by atoms with E-state index in [1.807, 2.05) is 44.2 Å². The van der Waals surface area contributed by atoms with Crippen molar-refractivity contribution in [2.45, 2.75) is 33.1 Å². The van der Waals surface area contributed by atoms with E-state index in [2.05, 4.69) is 16.0 Å². The van der Waals surface area contributed by atoms with E-state index < -0.39 is 0 Å². The number of carbonyl (C=O) groups is 1. The molecule has 0 unspecified atom stereocenters. The standard InChI is InChI=1S/C21H23N3O/c1-15-19(12-20(14-25)16(2)23-15)11-17-7-9-24(10-8-17)21-6-4-3-5-18(21)13-22/h3-6,12,14,17H,7-11H2,1-2H3. The number of hydrogen-bond donors (Lipinski definition) is 0. The highest BCUT2D eigenvalue weighted by Crippen LogP contribution is 2.28. The molecule has 1 aliphatic heterocycles. The monoisotopic (exact) mass is 333 g/mol. The second kappa shape index (κ2) is 7.48. The van der Waals surface area contributed by atoms with Crippen molar-refractivity contribution < 1.29 is 4.79 Å². The van der Waals surface area contributed by atoms with Crippen molar-refractivity contribution in [3.8, 4) is 6.07 Å². The molecule has 3 rings (SSSR count). The van der Waals surface area contributed by atoms with Gasteiger partial charge in [0.15, 0.2) is 6.29 Å². The largest absolute Gasteiger partial charge is 0.370 e. The number of piperidine rings is 1. The van der Waals surface area contributed by atoms with Crippen molar-refractivity contribution in [3.05, 3.63) is 58.4 Å². The summed E-state index contributed by atoms with van der Waals surface area (Å²) >= 11 is 0.